The van der Waals surface area contributed by atoms with Crippen molar-refractivity contribution in [2.75, 3.05) is 44.0 Å². The molecule has 0 saturated heterocycles. The van der Waals surface area contributed by atoms with Crippen molar-refractivity contribution in [1.29, 1.82) is 0 Å². The lowest BCUT2D eigenvalue weighted by Crippen LogP contribution is -2.27. The third-order valence-corrected chi connectivity index (χ3v) is 4.14. The number of carbonyl (C=O) groups is 3. The molecule has 30 heavy (non-hydrogen) atoms. The fourth-order valence-electron chi connectivity index (χ4n) is 2.57. The number of nitrogens with one attached hydrogen (secondary N) is 4. The van der Waals surface area contributed by atoms with Crippen molar-refractivity contribution < 1.29 is 19.1 Å². The van der Waals surface area contributed by atoms with Gasteiger partial charge in [-0.2, -0.15) is 0 Å². The summed E-state index contributed by atoms with van der Waals surface area (Å²) in [6.45, 7) is 3.51. The Hall–Kier alpha value is -3.39. The van der Waals surface area contributed by atoms with E-state index in [2.05, 4.69) is 21.3 Å². The fourth-order valence-corrected chi connectivity index (χ4v) is 2.57. The van der Waals surface area contributed by atoms with E-state index in [1.54, 1.807) is 55.6 Å². The van der Waals surface area contributed by atoms with Gasteiger partial charge >= 0.3 is 0 Å². The summed E-state index contributed by atoms with van der Waals surface area (Å²) in [6, 6.07) is 13.6. The zero-order chi connectivity index (χ0) is 21.8. The van der Waals surface area contributed by atoms with Crippen LogP contribution in [0.4, 0.5) is 11.4 Å². The van der Waals surface area contributed by atoms with Crippen LogP contribution in [0.3, 0.4) is 0 Å². The third-order valence-electron chi connectivity index (χ3n) is 4.14. The second-order valence-corrected chi connectivity index (χ2v) is 6.56. The highest BCUT2D eigenvalue weighted by atomic mass is 16.5. The molecule has 0 saturated carbocycles. The van der Waals surface area contributed by atoms with Gasteiger partial charge in [0.05, 0.1) is 13.2 Å². The Labute approximate surface area is 176 Å². The Morgan fingerprint density at radius 1 is 0.867 bits per heavy atom. The molecule has 0 aromatic heterocycles. The first-order valence-electron chi connectivity index (χ1n) is 9.82. The summed E-state index contributed by atoms with van der Waals surface area (Å²) in [4.78, 5) is 36.2. The fraction of sp³-hybridized carbons (Fsp3) is 0.318. The first kappa shape index (κ1) is 22.9. The lowest BCUT2D eigenvalue weighted by molar-refractivity contribution is -0.114. The largest absolute Gasteiger partial charge is 0.383 e. The van der Waals surface area contributed by atoms with Crippen LogP contribution in [0.15, 0.2) is 48.5 Å². The molecule has 0 aliphatic rings. The molecule has 2 rings (SSSR count). The van der Waals surface area contributed by atoms with Gasteiger partial charge in [-0.15, -0.1) is 0 Å². The number of hydrogen-bond acceptors (Lipinski definition) is 5. The van der Waals surface area contributed by atoms with Crippen molar-refractivity contribution in [3.05, 3.63) is 59.7 Å². The lowest BCUT2D eigenvalue weighted by atomic mass is 10.2. The second kappa shape index (κ2) is 12.2. The minimum atomic E-state index is -0.253. The summed E-state index contributed by atoms with van der Waals surface area (Å²) in [5.41, 5.74) is 2.28. The van der Waals surface area contributed by atoms with E-state index in [1.807, 2.05) is 6.92 Å². The molecule has 0 atom stereocenters. The quantitative estimate of drug-likeness (QED) is 0.424. The highest BCUT2D eigenvalue weighted by Crippen LogP contribution is 2.12. The van der Waals surface area contributed by atoms with E-state index in [0.717, 1.165) is 12.1 Å². The monoisotopic (exact) mass is 412 g/mol. The van der Waals surface area contributed by atoms with Crippen LogP contribution in [0.5, 0.6) is 0 Å². The molecule has 2 aromatic rings. The predicted molar refractivity (Wildman–Crippen MR) is 117 cm³/mol. The minimum absolute atomic E-state index is 0.0473. The molecule has 0 fully saturated rings. The molecule has 2 aromatic carbocycles. The van der Waals surface area contributed by atoms with Crippen molar-refractivity contribution in [2.24, 2.45) is 0 Å². The molecular formula is C22H28N4O4. The van der Waals surface area contributed by atoms with Crippen LogP contribution < -0.4 is 21.3 Å². The van der Waals surface area contributed by atoms with Gasteiger partial charge in [0.1, 0.15) is 0 Å². The first-order valence-corrected chi connectivity index (χ1v) is 9.82. The van der Waals surface area contributed by atoms with Gasteiger partial charge in [0, 0.05) is 42.7 Å². The van der Waals surface area contributed by atoms with E-state index in [0.29, 0.717) is 36.5 Å². The van der Waals surface area contributed by atoms with E-state index in [9.17, 15) is 14.4 Å². The van der Waals surface area contributed by atoms with Crippen molar-refractivity contribution >= 4 is 29.1 Å². The summed E-state index contributed by atoms with van der Waals surface area (Å²) in [5.74, 6) is -0.603. The van der Waals surface area contributed by atoms with E-state index in [-0.39, 0.29) is 24.3 Å². The van der Waals surface area contributed by atoms with Gasteiger partial charge in [0.15, 0.2) is 0 Å². The van der Waals surface area contributed by atoms with Crippen molar-refractivity contribution in [2.45, 2.75) is 13.3 Å². The van der Waals surface area contributed by atoms with Crippen LogP contribution in [0, 0.1) is 0 Å². The number of amides is 3. The number of ether oxygens (including phenoxy) is 1. The molecule has 0 unspecified atom stereocenters. The zero-order valence-electron chi connectivity index (χ0n) is 17.3. The van der Waals surface area contributed by atoms with E-state index in [4.69, 9.17) is 4.74 Å². The number of rotatable bonds is 11. The van der Waals surface area contributed by atoms with Gasteiger partial charge in [-0.05, 0) is 48.9 Å². The van der Waals surface area contributed by atoms with Crippen LogP contribution in [-0.2, 0) is 9.53 Å². The summed E-state index contributed by atoms with van der Waals surface area (Å²) in [6.07, 6.45) is 0.877. The maximum Gasteiger partial charge on any atom is 0.251 e. The molecule has 160 valence electrons. The molecule has 0 aliphatic carbocycles. The van der Waals surface area contributed by atoms with Crippen LogP contribution in [-0.4, -0.2) is 51.1 Å². The van der Waals surface area contributed by atoms with E-state index >= 15 is 0 Å². The molecule has 0 heterocycles. The van der Waals surface area contributed by atoms with Crippen molar-refractivity contribution in [3.8, 4) is 0 Å². The number of benzene rings is 2. The SMILES string of the molecule is CCCNC(=O)c1ccc(NCC(=O)Nc2cccc(C(=O)NCCOC)c2)cc1. The van der Waals surface area contributed by atoms with Crippen LogP contribution in [0.2, 0.25) is 0 Å². The summed E-state index contributed by atoms with van der Waals surface area (Å²) >= 11 is 0. The Morgan fingerprint density at radius 3 is 2.27 bits per heavy atom. The van der Waals surface area contributed by atoms with Gasteiger partial charge in [-0.3, -0.25) is 14.4 Å². The number of hydrogen-bond donors (Lipinski definition) is 4. The average molecular weight is 412 g/mol. The maximum absolute atomic E-state index is 12.2. The highest BCUT2D eigenvalue weighted by molar-refractivity contribution is 5.98. The molecule has 8 heteroatoms. The normalized spacial score (nSPS) is 10.2. The molecule has 3 amide bonds. The Morgan fingerprint density at radius 2 is 1.57 bits per heavy atom. The van der Waals surface area contributed by atoms with Gasteiger partial charge in [-0.1, -0.05) is 13.0 Å². The topological polar surface area (TPSA) is 109 Å². The standard InChI is InChI=1S/C22H28N4O4/c1-3-11-23-21(28)16-7-9-18(10-8-16)25-15-20(27)26-19-6-4-5-17(14-19)22(29)24-12-13-30-2/h4-10,14,25H,3,11-13,15H2,1-2H3,(H,23,28)(H,24,29)(H,26,27). The number of anilines is 2. The smallest absolute Gasteiger partial charge is 0.251 e. The number of methoxy groups -OCH3 is 1. The predicted octanol–water partition coefficient (Wildman–Crippen LogP) is 2.25. The minimum Gasteiger partial charge on any atom is -0.383 e. The molecule has 4 N–H and O–H groups in total. The maximum atomic E-state index is 12.2. The van der Waals surface area contributed by atoms with Gasteiger partial charge in [-0.25, -0.2) is 0 Å². The number of carbonyl (C=O) groups excluding carboxylic acids is 3. The Kier molecular flexibility index (Phi) is 9.33. The Balaban J connectivity index is 1.84. The third kappa shape index (κ3) is 7.56. The van der Waals surface area contributed by atoms with Crippen LogP contribution >= 0.6 is 0 Å². The van der Waals surface area contributed by atoms with Gasteiger partial charge in [0.2, 0.25) is 5.91 Å². The zero-order valence-corrected chi connectivity index (χ0v) is 17.3. The average Bonchev–Trinajstić information content (AvgIpc) is 2.76. The van der Waals surface area contributed by atoms with Crippen LogP contribution in [0.1, 0.15) is 34.1 Å². The Bertz CT molecular complexity index is 852. The van der Waals surface area contributed by atoms with E-state index in [1.165, 1.54) is 0 Å². The molecule has 0 bridgehead atoms. The molecule has 0 spiro atoms. The molecule has 0 aliphatic heterocycles. The van der Waals surface area contributed by atoms with Gasteiger partial charge < -0.3 is 26.0 Å². The summed E-state index contributed by atoms with van der Waals surface area (Å²) in [7, 11) is 1.56. The molecular weight excluding hydrogens is 384 g/mol. The van der Waals surface area contributed by atoms with E-state index < -0.39 is 0 Å². The van der Waals surface area contributed by atoms with Crippen molar-refractivity contribution in [1.82, 2.24) is 10.6 Å². The lowest BCUT2D eigenvalue weighted by Gasteiger charge is -2.10. The summed E-state index contributed by atoms with van der Waals surface area (Å²) in [5, 5.41) is 11.3. The molecule has 0 radical (unpaired) electrons. The second-order valence-electron chi connectivity index (χ2n) is 6.56. The van der Waals surface area contributed by atoms with Crippen molar-refractivity contribution in [3.63, 3.8) is 0 Å². The van der Waals surface area contributed by atoms with Crippen LogP contribution in [0.25, 0.3) is 0 Å². The molecule has 8 nitrogen and oxygen atoms in total. The summed E-state index contributed by atoms with van der Waals surface area (Å²) < 4.78 is 4.90. The highest BCUT2D eigenvalue weighted by Gasteiger charge is 2.08. The van der Waals surface area contributed by atoms with Gasteiger partial charge in [0.25, 0.3) is 11.8 Å². The first-order chi connectivity index (χ1) is 14.5.